The second-order valence-electron chi connectivity index (χ2n) is 6.99. The van der Waals surface area contributed by atoms with Gasteiger partial charge in [-0.15, -0.1) is 0 Å². The fourth-order valence-electron chi connectivity index (χ4n) is 3.33. The summed E-state index contributed by atoms with van der Waals surface area (Å²) >= 11 is 14.2. The molecule has 0 atom stereocenters. The van der Waals surface area contributed by atoms with Gasteiger partial charge in [-0.25, -0.2) is 9.97 Å². The Morgan fingerprint density at radius 2 is 1.97 bits per heavy atom. The quantitative estimate of drug-likeness (QED) is 0.359. The van der Waals surface area contributed by atoms with Crippen molar-refractivity contribution in [3.63, 3.8) is 0 Å². The highest BCUT2D eigenvalue weighted by Gasteiger charge is 2.17. The van der Waals surface area contributed by atoms with Crippen molar-refractivity contribution in [1.29, 1.82) is 0 Å². The average Bonchev–Trinajstić information content (AvgIpc) is 3.21. The lowest BCUT2D eigenvalue weighted by Gasteiger charge is -2.19. The van der Waals surface area contributed by atoms with Crippen molar-refractivity contribution in [2.75, 3.05) is 31.7 Å². The molecule has 0 radical (unpaired) electrons. The second-order valence-corrected chi connectivity index (χ2v) is 8.48. The Morgan fingerprint density at radius 1 is 1.12 bits per heavy atom. The minimum Gasteiger partial charge on any atom is -0.486 e. The number of anilines is 2. The fourth-order valence-corrected chi connectivity index (χ4v) is 4.51. The van der Waals surface area contributed by atoms with Crippen molar-refractivity contribution < 1.29 is 14.6 Å². The molecule has 11 heteroatoms. The lowest BCUT2D eigenvalue weighted by molar-refractivity contribution is 0.171. The fraction of sp³-hybridized carbons (Fsp3) is 0.182. The molecule has 2 aromatic heterocycles. The number of ether oxygens (including phenoxy) is 2. The van der Waals surface area contributed by atoms with Gasteiger partial charge in [0.15, 0.2) is 27.3 Å². The molecular formula is C22H17Cl2N5O3S. The van der Waals surface area contributed by atoms with Crippen LogP contribution >= 0.6 is 34.7 Å². The molecule has 5 rings (SSSR count). The van der Waals surface area contributed by atoms with Gasteiger partial charge in [0.2, 0.25) is 0 Å². The number of rotatable bonds is 6. The number of aliphatic imine (C=N–C) groups is 1. The van der Waals surface area contributed by atoms with Crippen molar-refractivity contribution in [3.05, 3.63) is 52.3 Å². The van der Waals surface area contributed by atoms with E-state index >= 15 is 0 Å². The number of halogens is 2. The Hall–Kier alpha value is -2.98. The second kappa shape index (κ2) is 9.48. The molecule has 168 valence electrons. The highest BCUT2D eigenvalue weighted by atomic mass is 35.5. The average molecular weight is 502 g/mol. The molecule has 0 aliphatic carbocycles. The number of aliphatic hydroxyl groups excluding tert-OH is 1. The lowest BCUT2D eigenvalue weighted by atomic mass is 10.0. The molecule has 1 aliphatic rings. The van der Waals surface area contributed by atoms with Crippen LogP contribution in [-0.2, 0) is 0 Å². The number of fused-ring (bicyclic) bond motifs is 2. The first-order chi connectivity index (χ1) is 16.1. The number of benzene rings is 2. The first kappa shape index (κ1) is 21.8. The highest BCUT2D eigenvalue weighted by molar-refractivity contribution is 7.13. The van der Waals surface area contributed by atoms with E-state index in [0.717, 1.165) is 16.9 Å². The van der Waals surface area contributed by atoms with Crippen LogP contribution in [0.5, 0.6) is 11.5 Å². The van der Waals surface area contributed by atoms with Crippen LogP contribution in [0.15, 0.2) is 41.4 Å². The van der Waals surface area contributed by atoms with Crippen LogP contribution in [0, 0.1) is 0 Å². The van der Waals surface area contributed by atoms with Crippen LogP contribution in [0.4, 0.5) is 11.5 Å². The van der Waals surface area contributed by atoms with Crippen molar-refractivity contribution in [2.24, 2.45) is 4.99 Å². The molecule has 0 saturated heterocycles. The summed E-state index contributed by atoms with van der Waals surface area (Å²) in [7, 11) is 0. The van der Waals surface area contributed by atoms with Gasteiger partial charge in [-0.3, -0.25) is 4.99 Å². The first-order valence-corrected chi connectivity index (χ1v) is 11.6. The molecule has 0 unspecified atom stereocenters. The molecular weight excluding hydrogens is 485 g/mol. The van der Waals surface area contributed by atoms with Crippen molar-refractivity contribution in [1.82, 2.24) is 14.3 Å². The minimum atomic E-state index is -0.0607. The molecule has 0 amide bonds. The van der Waals surface area contributed by atoms with Gasteiger partial charge in [-0.05, 0) is 35.3 Å². The Balaban J connectivity index is 1.48. The van der Waals surface area contributed by atoms with Crippen LogP contribution in [0.2, 0.25) is 10.2 Å². The first-order valence-electron chi connectivity index (χ1n) is 10.0. The van der Waals surface area contributed by atoms with Crippen molar-refractivity contribution in [3.8, 4) is 22.6 Å². The maximum atomic E-state index is 8.92. The van der Waals surface area contributed by atoms with Crippen molar-refractivity contribution in [2.45, 2.75) is 0 Å². The standard InChI is InChI=1S/C22H17Cl2N5O3S/c23-18-13(12-4-5-16-17(10-12)32-9-8-31-16)2-1-3-14(18)27-21-19-22(33-29-21)28-20(24)15(26-19)11-25-6-7-30/h1-5,10-11,30H,6-9H2,(H,27,29). The van der Waals surface area contributed by atoms with Gasteiger partial charge < -0.3 is 19.9 Å². The maximum Gasteiger partial charge on any atom is 0.172 e. The molecule has 0 fully saturated rings. The summed E-state index contributed by atoms with van der Waals surface area (Å²) < 4.78 is 15.7. The van der Waals surface area contributed by atoms with Gasteiger partial charge in [0.1, 0.15) is 24.4 Å². The SMILES string of the molecule is OCCN=Cc1nc2c(Nc3cccc(-c4ccc5c(c4)OCCO5)c3Cl)nsc2nc1Cl. The molecule has 1 aliphatic heterocycles. The Kier molecular flexibility index (Phi) is 6.28. The third kappa shape index (κ3) is 4.45. The summed E-state index contributed by atoms with van der Waals surface area (Å²) in [6, 6.07) is 11.5. The van der Waals surface area contributed by atoms with Crippen LogP contribution in [0.25, 0.3) is 21.5 Å². The van der Waals surface area contributed by atoms with Gasteiger partial charge in [-0.2, -0.15) is 4.37 Å². The van der Waals surface area contributed by atoms with E-state index in [4.69, 9.17) is 37.8 Å². The van der Waals surface area contributed by atoms with Gasteiger partial charge in [0, 0.05) is 5.56 Å². The van der Waals surface area contributed by atoms with Gasteiger partial charge in [0.25, 0.3) is 0 Å². The van der Waals surface area contributed by atoms with E-state index < -0.39 is 0 Å². The summed E-state index contributed by atoms with van der Waals surface area (Å²) in [6.45, 7) is 1.25. The third-order valence-electron chi connectivity index (χ3n) is 4.84. The normalized spacial score (nSPS) is 13.1. The van der Waals surface area contributed by atoms with Crippen molar-refractivity contribution >= 4 is 62.8 Å². The third-order valence-corrected chi connectivity index (χ3v) is 6.26. The molecule has 8 nitrogen and oxygen atoms in total. The van der Waals surface area contributed by atoms with E-state index in [0.29, 0.717) is 51.5 Å². The summed E-state index contributed by atoms with van der Waals surface area (Å²) in [5.74, 6) is 1.93. The largest absolute Gasteiger partial charge is 0.486 e. The van der Waals surface area contributed by atoms with E-state index in [1.165, 1.54) is 17.7 Å². The van der Waals surface area contributed by atoms with Crippen LogP contribution in [0.1, 0.15) is 5.69 Å². The van der Waals surface area contributed by atoms with E-state index in [9.17, 15) is 0 Å². The number of hydrogen-bond donors (Lipinski definition) is 2. The number of nitrogens with one attached hydrogen (secondary N) is 1. The summed E-state index contributed by atoms with van der Waals surface area (Å²) in [5.41, 5.74) is 3.37. The van der Waals surface area contributed by atoms with E-state index in [2.05, 4.69) is 24.7 Å². The van der Waals surface area contributed by atoms with E-state index in [1.54, 1.807) is 0 Å². The van der Waals surface area contributed by atoms with Gasteiger partial charge >= 0.3 is 0 Å². The van der Waals surface area contributed by atoms with Crippen LogP contribution in [0.3, 0.4) is 0 Å². The number of aliphatic hydroxyl groups is 1. The Labute approximate surface area is 203 Å². The Morgan fingerprint density at radius 3 is 2.82 bits per heavy atom. The molecule has 2 N–H and O–H groups in total. The van der Waals surface area contributed by atoms with E-state index in [1.807, 2.05) is 36.4 Å². The zero-order valence-electron chi connectivity index (χ0n) is 17.1. The van der Waals surface area contributed by atoms with Gasteiger partial charge in [0.05, 0.1) is 30.1 Å². The smallest absolute Gasteiger partial charge is 0.172 e. The number of nitrogens with zero attached hydrogens (tertiary/aromatic N) is 4. The molecule has 0 saturated carbocycles. The van der Waals surface area contributed by atoms with E-state index in [-0.39, 0.29) is 18.3 Å². The van der Waals surface area contributed by atoms with Gasteiger partial charge in [-0.1, -0.05) is 41.4 Å². The number of hydrogen-bond acceptors (Lipinski definition) is 9. The molecule has 3 heterocycles. The topological polar surface area (TPSA) is 102 Å². The molecule has 0 spiro atoms. The predicted molar refractivity (Wildman–Crippen MR) is 131 cm³/mol. The monoisotopic (exact) mass is 501 g/mol. The number of aromatic nitrogens is 3. The molecule has 0 bridgehead atoms. The lowest BCUT2D eigenvalue weighted by Crippen LogP contribution is -2.15. The van der Waals surface area contributed by atoms with Crippen LogP contribution in [-0.4, -0.2) is 52.0 Å². The molecule has 4 aromatic rings. The zero-order valence-corrected chi connectivity index (χ0v) is 19.4. The molecule has 2 aromatic carbocycles. The van der Waals surface area contributed by atoms with Crippen LogP contribution < -0.4 is 14.8 Å². The summed E-state index contributed by atoms with van der Waals surface area (Å²) in [4.78, 5) is 13.6. The summed E-state index contributed by atoms with van der Waals surface area (Å²) in [5, 5.41) is 12.9. The summed E-state index contributed by atoms with van der Waals surface area (Å²) in [6.07, 6.45) is 1.49. The predicted octanol–water partition coefficient (Wildman–Crippen LogP) is 4.99. The maximum absolute atomic E-state index is 8.92. The highest BCUT2D eigenvalue weighted by Crippen LogP contribution is 2.40. The zero-order chi connectivity index (χ0) is 22.8. The molecule has 33 heavy (non-hydrogen) atoms. The Bertz CT molecular complexity index is 1360. The minimum absolute atomic E-state index is 0.0607.